The molecule has 1 aromatic heterocycles. The molecule has 3 heterocycles. The van der Waals surface area contributed by atoms with E-state index in [0.717, 1.165) is 5.01 Å². The maximum atomic E-state index is 12.7. The van der Waals surface area contributed by atoms with Crippen LogP contribution in [0.5, 0.6) is 0 Å². The van der Waals surface area contributed by atoms with Gasteiger partial charge >= 0.3 is 11.9 Å². The maximum absolute atomic E-state index is 12.7. The predicted molar refractivity (Wildman–Crippen MR) is 134 cm³/mol. The van der Waals surface area contributed by atoms with Crippen LogP contribution in [0.1, 0.15) is 45.3 Å². The van der Waals surface area contributed by atoms with Crippen molar-refractivity contribution in [2.45, 2.75) is 32.4 Å². The van der Waals surface area contributed by atoms with Gasteiger partial charge in [-0.3, -0.25) is 19.3 Å². The Morgan fingerprint density at radius 1 is 1.22 bits per heavy atom. The van der Waals surface area contributed by atoms with Gasteiger partial charge in [-0.15, -0.1) is 11.3 Å². The third-order valence-corrected chi connectivity index (χ3v) is 7.41. The van der Waals surface area contributed by atoms with Crippen LogP contribution in [0.25, 0.3) is 0 Å². The summed E-state index contributed by atoms with van der Waals surface area (Å²) < 4.78 is 5.24. The lowest BCUT2D eigenvalue weighted by molar-refractivity contribution is -0.149. The van der Waals surface area contributed by atoms with Crippen molar-refractivity contribution in [3.63, 3.8) is 0 Å². The van der Waals surface area contributed by atoms with Gasteiger partial charge in [0.25, 0.3) is 0 Å². The number of carboxylic acid groups (broad SMARTS) is 1. The molecule has 0 radical (unpaired) electrons. The van der Waals surface area contributed by atoms with Crippen LogP contribution in [0.15, 0.2) is 24.4 Å². The molecule has 2 aliphatic heterocycles. The van der Waals surface area contributed by atoms with E-state index in [1.54, 1.807) is 24.8 Å². The number of carbonyl (C=O) groups is 4. The number of esters is 1. The van der Waals surface area contributed by atoms with Crippen molar-refractivity contribution in [2.24, 2.45) is 11.7 Å². The van der Waals surface area contributed by atoms with Gasteiger partial charge in [0.2, 0.25) is 11.8 Å². The Morgan fingerprint density at radius 2 is 1.89 bits per heavy atom. The van der Waals surface area contributed by atoms with Gasteiger partial charge in [0.05, 0.1) is 35.7 Å². The van der Waals surface area contributed by atoms with E-state index in [4.69, 9.17) is 38.8 Å². The summed E-state index contributed by atoms with van der Waals surface area (Å²) in [6.45, 7) is 6.67. The van der Waals surface area contributed by atoms with Crippen molar-refractivity contribution in [3.8, 4) is 0 Å². The molecule has 1 aromatic carbocycles. The number of ether oxygens (including phenoxy) is 1. The Labute approximate surface area is 221 Å². The molecule has 0 bridgehead atoms. The first-order valence-corrected chi connectivity index (χ1v) is 12.6. The number of carbonyl (C=O) groups excluding carboxylic acids is 3. The van der Waals surface area contributed by atoms with Gasteiger partial charge in [-0.05, 0) is 32.0 Å². The average Bonchev–Trinajstić information content (AvgIpc) is 3.37. The Bertz CT molecular complexity index is 1160. The highest BCUT2D eigenvalue weighted by atomic mass is 35.5. The number of primary amides is 1. The van der Waals surface area contributed by atoms with Gasteiger partial charge in [0, 0.05) is 31.2 Å². The van der Waals surface area contributed by atoms with E-state index in [1.807, 2.05) is 0 Å². The summed E-state index contributed by atoms with van der Waals surface area (Å²) in [6.07, 6.45) is 1.52. The summed E-state index contributed by atoms with van der Waals surface area (Å²) in [6, 6.07) is 4.53. The first kappa shape index (κ1) is 27.9. The molecule has 2 aliphatic rings. The second-order valence-corrected chi connectivity index (χ2v) is 10.8. The number of hydrogen-bond donors (Lipinski definition) is 2. The Kier molecular flexibility index (Phi) is 8.93. The molecule has 10 nitrogen and oxygen atoms in total. The average molecular weight is 557 g/mol. The summed E-state index contributed by atoms with van der Waals surface area (Å²) in [4.78, 5) is 54.1. The minimum Gasteiger partial charge on any atom is -0.477 e. The van der Waals surface area contributed by atoms with E-state index in [0.29, 0.717) is 37.7 Å². The van der Waals surface area contributed by atoms with E-state index < -0.39 is 23.4 Å². The standard InChI is InChI=1S/C16H21N3O5S.C7H5Cl2NO/c1-16(2)10(7-13(20)24-16)14(21)19-5-3-18(4-6-19)9-12-17-8-11(25-12)15(22)23;8-4-1-2-5(7(10)11)6(9)3-4/h8,10H,3-7,9H2,1-2H3,(H,22,23);1-3H,(H2,10,11). The van der Waals surface area contributed by atoms with E-state index >= 15 is 0 Å². The minimum absolute atomic E-state index is 0.0297. The zero-order valence-corrected chi connectivity index (χ0v) is 22.0. The highest BCUT2D eigenvalue weighted by molar-refractivity contribution is 7.13. The molecule has 2 amide bonds. The van der Waals surface area contributed by atoms with Crippen LogP contribution >= 0.6 is 34.5 Å². The lowest BCUT2D eigenvalue weighted by Crippen LogP contribution is -2.52. The molecule has 36 heavy (non-hydrogen) atoms. The summed E-state index contributed by atoms with van der Waals surface area (Å²) in [5.41, 5.74) is 4.54. The monoisotopic (exact) mass is 556 g/mol. The topological polar surface area (TPSA) is 143 Å². The molecule has 2 saturated heterocycles. The number of cyclic esters (lactones) is 1. The molecule has 2 fully saturated rings. The van der Waals surface area contributed by atoms with Crippen molar-refractivity contribution >= 4 is 58.3 Å². The molecule has 0 spiro atoms. The first-order valence-electron chi connectivity index (χ1n) is 11.0. The Morgan fingerprint density at radius 3 is 2.39 bits per heavy atom. The predicted octanol–water partition coefficient (Wildman–Crippen LogP) is 2.92. The fourth-order valence-corrected chi connectivity index (χ4v) is 5.21. The van der Waals surface area contributed by atoms with Crippen molar-refractivity contribution in [3.05, 3.63) is 49.9 Å². The van der Waals surface area contributed by atoms with Crippen LogP contribution in [0.4, 0.5) is 0 Å². The molecule has 13 heteroatoms. The molecule has 0 aliphatic carbocycles. The van der Waals surface area contributed by atoms with Gasteiger partial charge in [0.15, 0.2) is 0 Å². The summed E-state index contributed by atoms with van der Waals surface area (Å²) in [7, 11) is 0. The fraction of sp³-hybridized carbons (Fsp3) is 0.435. The molecule has 3 N–H and O–H groups in total. The summed E-state index contributed by atoms with van der Waals surface area (Å²) in [5, 5.41) is 10.5. The molecule has 0 saturated carbocycles. The number of aromatic carboxylic acids is 1. The largest absolute Gasteiger partial charge is 0.477 e. The van der Waals surface area contributed by atoms with Crippen LogP contribution in [-0.2, 0) is 20.9 Å². The number of nitrogens with two attached hydrogens (primary N) is 1. The first-order chi connectivity index (χ1) is 16.9. The van der Waals surface area contributed by atoms with Crippen LogP contribution in [0, 0.1) is 5.92 Å². The third-order valence-electron chi connectivity index (χ3n) is 5.89. The van der Waals surface area contributed by atoms with Crippen LogP contribution in [0.3, 0.4) is 0 Å². The Balaban J connectivity index is 0.000000275. The number of benzene rings is 1. The van der Waals surface area contributed by atoms with Crippen molar-refractivity contribution in [2.75, 3.05) is 26.2 Å². The lowest BCUT2D eigenvalue weighted by Gasteiger charge is -2.37. The Hall–Kier alpha value is -2.73. The van der Waals surface area contributed by atoms with Gasteiger partial charge in [-0.1, -0.05) is 23.2 Å². The third kappa shape index (κ3) is 6.94. The molecular weight excluding hydrogens is 531 g/mol. The van der Waals surface area contributed by atoms with E-state index in [1.165, 1.54) is 29.7 Å². The van der Waals surface area contributed by atoms with Crippen molar-refractivity contribution < 1.29 is 29.0 Å². The highest BCUT2D eigenvalue weighted by Gasteiger charge is 2.47. The molecule has 4 rings (SSSR count). The van der Waals surface area contributed by atoms with Crippen molar-refractivity contribution in [1.82, 2.24) is 14.8 Å². The van der Waals surface area contributed by atoms with E-state index in [2.05, 4.69) is 9.88 Å². The number of carboxylic acids is 1. The summed E-state index contributed by atoms with van der Waals surface area (Å²) >= 11 is 12.4. The minimum atomic E-state index is -0.963. The quantitative estimate of drug-likeness (QED) is 0.535. The van der Waals surface area contributed by atoms with E-state index in [9.17, 15) is 19.2 Å². The normalized spacial score (nSPS) is 19.3. The van der Waals surface area contributed by atoms with Crippen LogP contribution < -0.4 is 5.73 Å². The molecule has 1 atom stereocenters. The zero-order valence-electron chi connectivity index (χ0n) is 19.7. The second-order valence-electron chi connectivity index (χ2n) is 8.85. The molecule has 2 aromatic rings. The van der Waals surface area contributed by atoms with Crippen LogP contribution in [0.2, 0.25) is 10.0 Å². The SMILES string of the molecule is CC1(C)OC(=O)CC1C(=O)N1CCN(Cc2ncc(C(=O)O)s2)CC1.NC(=O)c1ccc(Cl)cc1Cl. The van der Waals surface area contributed by atoms with E-state index in [-0.39, 0.29) is 33.8 Å². The fourth-order valence-electron chi connectivity index (χ4n) is 3.91. The number of nitrogens with zero attached hydrogens (tertiary/aromatic N) is 3. The lowest BCUT2D eigenvalue weighted by atomic mass is 9.89. The van der Waals surface area contributed by atoms with Gasteiger partial charge in [0.1, 0.15) is 15.5 Å². The van der Waals surface area contributed by atoms with Gasteiger partial charge in [-0.2, -0.15) is 0 Å². The van der Waals surface area contributed by atoms with Crippen LogP contribution in [-0.4, -0.2) is 75.4 Å². The smallest absolute Gasteiger partial charge is 0.347 e. The number of piperazine rings is 1. The number of aromatic nitrogens is 1. The maximum Gasteiger partial charge on any atom is 0.347 e. The van der Waals surface area contributed by atoms with Gasteiger partial charge in [-0.25, -0.2) is 9.78 Å². The molecular formula is C23H26Cl2N4O6S. The molecule has 194 valence electrons. The second kappa shape index (κ2) is 11.5. The number of amides is 2. The number of thiazole rings is 1. The van der Waals surface area contributed by atoms with Gasteiger partial charge < -0.3 is 20.5 Å². The highest BCUT2D eigenvalue weighted by Crippen LogP contribution is 2.34. The number of hydrogen-bond acceptors (Lipinski definition) is 8. The number of halogens is 2. The van der Waals surface area contributed by atoms with Crippen molar-refractivity contribution in [1.29, 1.82) is 0 Å². The summed E-state index contributed by atoms with van der Waals surface area (Å²) in [5.74, 6) is -2.29. The number of rotatable bonds is 5. The zero-order chi connectivity index (χ0) is 26.6. The molecule has 1 unspecified atom stereocenters.